The lowest BCUT2D eigenvalue weighted by Crippen LogP contribution is -2.17. The molecule has 0 amide bonds. The van der Waals surface area contributed by atoms with Gasteiger partial charge >= 0.3 is 5.97 Å². The standard InChI is InChI=1S/C15H17ClO6S2/c1-21-14-3-2-10(6-12(14)16)13(17)7-22-15(18)8-23-11-4-5-24(19,20)9-11/h2-3,6,11H,4-5,7-9H2,1H3/t11-/m1/s1. The topological polar surface area (TPSA) is 86.7 Å². The summed E-state index contributed by atoms with van der Waals surface area (Å²) in [6.07, 6.45) is 0.545. The van der Waals surface area contributed by atoms with Crippen molar-refractivity contribution in [2.45, 2.75) is 11.7 Å². The Balaban J connectivity index is 1.77. The average Bonchev–Trinajstić information content (AvgIpc) is 2.89. The summed E-state index contributed by atoms with van der Waals surface area (Å²) in [5, 5.41) is 0.214. The van der Waals surface area contributed by atoms with E-state index in [1.165, 1.54) is 24.9 Å². The van der Waals surface area contributed by atoms with Crippen LogP contribution in [-0.2, 0) is 19.4 Å². The van der Waals surface area contributed by atoms with Gasteiger partial charge in [0.25, 0.3) is 0 Å². The van der Waals surface area contributed by atoms with E-state index in [4.69, 9.17) is 21.1 Å². The molecule has 0 bridgehead atoms. The fourth-order valence-electron chi connectivity index (χ4n) is 2.19. The highest BCUT2D eigenvalue weighted by Gasteiger charge is 2.28. The summed E-state index contributed by atoms with van der Waals surface area (Å²) in [4.78, 5) is 23.7. The summed E-state index contributed by atoms with van der Waals surface area (Å²) in [6, 6.07) is 4.56. The number of rotatable bonds is 7. The number of sulfone groups is 1. The van der Waals surface area contributed by atoms with E-state index in [0.29, 0.717) is 22.8 Å². The fourth-order valence-corrected chi connectivity index (χ4v) is 5.89. The average molecular weight is 393 g/mol. The van der Waals surface area contributed by atoms with Crippen LogP contribution < -0.4 is 4.74 Å². The van der Waals surface area contributed by atoms with Crippen molar-refractivity contribution in [3.63, 3.8) is 0 Å². The highest BCUT2D eigenvalue weighted by atomic mass is 35.5. The van der Waals surface area contributed by atoms with Crippen molar-refractivity contribution in [1.82, 2.24) is 0 Å². The van der Waals surface area contributed by atoms with Gasteiger partial charge in [0.1, 0.15) is 5.75 Å². The maximum absolute atomic E-state index is 12.0. The summed E-state index contributed by atoms with van der Waals surface area (Å²) in [6.45, 7) is -0.384. The molecule has 0 unspecified atom stereocenters. The molecule has 6 nitrogen and oxygen atoms in total. The number of ketones is 1. The molecular formula is C15H17ClO6S2. The SMILES string of the molecule is COc1ccc(C(=O)COC(=O)CS[C@@H]2CCS(=O)(=O)C2)cc1Cl. The molecule has 1 saturated heterocycles. The largest absolute Gasteiger partial charge is 0.495 e. The van der Waals surface area contributed by atoms with Gasteiger partial charge in [-0.3, -0.25) is 9.59 Å². The van der Waals surface area contributed by atoms with E-state index in [-0.39, 0.29) is 34.9 Å². The van der Waals surface area contributed by atoms with E-state index in [1.54, 1.807) is 12.1 Å². The fraction of sp³-hybridized carbons (Fsp3) is 0.467. The van der Waals surface area contributed by atoms with Gasteiger partial charge in [-0.2, -0.15) is 0 Å². The number of benzene rings is 1. The third-order valence-electron chi connectivity index (χ3n) is 3.47. The van der Waals surface area contributed by atoms with Crippen LogP contribution in [0.2, 0.25) is 5.02 Å². The van der Waals surface area contributed by atoms with E-state index in [1.807, 2.05) is 0 Å². The van der Waals surface area contributed by atoms with E-state index in [2.05, 4.69) is 0 Å². The smallest absolute Gasteiger partial charge is 0.316 e. The number of ether oxygens (including phenoxy) is 2. The minimum absolute atomic E-state index is 0.0246. The number of esters is 1. The summed E-state index contributed by atoms with van der Waals surface area (Å²) >= 11 is 7.19. The Labute approximate surface area is 149 Å². The van der Waals surface area contributed by atoms with Gasteiger partial charge in [0.05, 0.1) is 29.4 Å². The van der Waals surface area contributed by atoms with Gasteiger partial charge in [-0.25, -0.2) is 8.42 Å². The first-order valence-electron chi connectivity index (χ1n) is 7.15. The summed E-state index contributed by atoms with van der Waals surface area (Å²) < 4.78 is 32.6. The second kappa shape index (κ2) is 8.22. The zero-order valence-corrected chi connectivity index (χ0v) is 15.4. The Kier molecular flexibility index (Phi) is 6.54. The molecule has 0 N–H and O–H groups in total. The molecule has 1 aliphatic heterocycles. The Bertz CT molecular complexity index is 731. The molecule has 0 spiro atoms. The number of carbonyl (C=O) groups is 2. The van der Waals surface area contributed by atoms with Crippen LogP contribution in [0.1, 0.15) is 16.8 Å². The van der Waals surface area contributed by atoms with Crippen LogP contribution in [0.5, 0.6) is 5.75 Å². The second-order valence-corrected chi connectivity index (χ2v) is 9.19. The number of hydrogen-bond acceptors (Lipinski definition) is 7. The Morgan fingerprint density at radius 1 is 1.38 bits per heavy atom. The van der Waals surface area contributed by atoms with Crippen molar-refractivity contribution >= 4 is 45.0 Å². The zero-order valence-electron chi connectivity index (χ0n) is 13.0. The number of hydrogen-bond donors (Lipinski definition) is 0. The molecule has 2 rings (SSSR count). The highest BCUT2D eigenvalue weighted by molar-refractivity contribution is 8.02. The minimum Gasteiger partial charge on any atom is -0.495 e. The van der Waals surface area contributed by atoms with Crippen molar-refractivity contribution in [1.29, 1.82) is 0 Å². The first-order valence-corrected chi connectivity index (χ1v) is 10.4. The van der Waals surface area contributed by atoms with E-state index in [0.717, 1.165) is 0 Å². The van der Waals surface area contributed by atoms with Gasteiger partial charge < -0.3 is 9.47 Å². The molecular weight excluding hydrogens is 376 g/mol. The Morgan fingerprint density at radius 3 is 2.71 bits per heavy atom. The molecule has 1 aliphatic rings. The number of thioether (sulfide) groups is 1. The minimum atomic E-state index is -2.96. The number of Topliss-reactive ketones (excluding diaryl/α,β-unsaturated/α-hetero) is 1. The lowest BCUT2D eigenvalue weighted by Gasteiger charge is -2.08. The lowest BCUT2D eigenvalue weighted by molar-refractivity contribution is -0.139. The van der Waals surface area contributed by atoms with E-state index >= 15 is 0 Å². The van der Waals surface area contributed by atoms with Crippen molar-refractivity contribution in [2.24, 2.45) is 0 Å². The molecule has 1 aromatic carbocycles. The van der Waals surface area contributed by atoms with E-state index < -0.39 is 15.8 Å². The molecule has 1 heterocycles. The summed E-state index contributed by atoms with van der Waals surface area (Å²) in [7, 11) is -1.49. The van der Waals surface area contributed by atoms with Gasteiger partial charge in [0, 0.05) is 10.8 Å². The van der Waals surface area contributed by atoms with Crippen molar-refractivity contribution in [2.75, 3.05) is 31.0 Å². The molecule has 1 atom stereocenters. The van der Waals surface area contributed by atoms with Crippen LogP contribution in [0.25, 0.3) is 0 Å². The van der Waals surface area contributed by atoms with Crippen LogP contribution in [0.4, 0.5) is 0 Å². The quantitative estimate of drug-likeness (QED) is 0.518. The Morgan fingerprint density at radius 2 is 2.12 bits per heavy atom. The molecule has 0 radical (unpaired) electrons. The molecule has 1 aromatic rings. The van der Waals surface area contributed by atoms with E-state index in [9.17, 15) is 18.0 Å². The first-order chi connectivity index (χ1) is 11.3. The number of methoxy groups -OCH3 is 1. The summed E-state index contributed by atoms with van der Waals surface area (Å²) in [5.41, 5.74) is 0.322. The molecule has 1 fully saturated rings. The van der Waals surface area contributed by atoms with Gasteiger partial charge in [0.2, 0.25) is 0 Å². The lowest BCUT2D eigenvalue weighted by atomic mass is 10.1. The van der Waals surface area contributed by atoms with Crippen LogP contribution in [-0.4, -0.2) is 56.4 Å². The van der Waals surface area contributed by atoms with Crippen molar-refractivity contribution in [3.8, 4) is 5.75 Å². The zero-order chi connectivity index (χ0) is 17.7. The van der Waals surface area contributed by atoms with Gasteiger partial charge in [-0.15, -0.1) is 11.8 Å². The third-order valence-corrected chi connectivity index (χ3v) is 7.02. The van der Waals surface area contributed by atoms with Crippen molar-refractivity contribution < 1.29 is 27.5 Å². The van der Waals surface area contributed by atoms with Gasteiger partial charge in [-0.05, 0) is 24.6 Å². The third kappa shape index (κ3) is 5.39. The second-order valence-electron chi connectivity index (χ2n) is 5.27. The maximum atomic E-state index is 12.0. The maximum Gasteiger partial charge on any atom is 0.316 e. The molecule has 0 aromatic heterocycles. The van der Waals surface area contributed by atoms with Crippen LogP contribution >= 0.6 is 23.4 Å². The molecule has 0 saturated carbocycles. The summed E-state index contributed by atoms with van der Waals surface area (Å²) in [5.74, 6) is -0.187. The molecule has 9 heteroatoms. The first kappa shape index (κ1) is 19.1. The van der Waals surface area contributed by atoms with Gasteiger partial charge in [-0.1, -0.05) is 11.6 Å². The molecule has 0 aliphatic carbocycles. The van der Waals surface area contributed by atoms with Gasteiger partial charge in [0.15, 0.2) is 22.2 Å². The monoisotopic (exact) mass is 392 g/mol. The molecule has 24 heavy (non-hydrogen) atoms. The molecule has 132 valence electrons. The predicted molar refractivity (Wildman–Crippen MR) is 92.8 cm³/mol. The number of carbonyl (C=O) groups excluding carboxylic acids is 2. The van der Waals surface area contributed by atoms with Crippen LogP contribution in [0.3, 0.4) is 0 Å². The normalized spacial score (nSPS) is 19.0. The van der Waals surface area contributed by atoms with Crippen molar-refractivity contribution in [3.05, 3.63) is 28.8 Å². The van der Waals surface area contributed by atoms with Crippen LogP contribution in [0, 0.1) is 0 Å². The predicted octanol–water partition coefficient (Wildman–Crippen LogP) is 1.99. The number of halogens is 1. The van der Waals surface area contributed by atoms with Crippen LogP contribution in [0.15, 0.2) is 18.2 Å². The highest BCUT2D eigenvalue weighted by Crippen LogP contribution is 2.26. The Hall–Kier alpha value is -1.25.